The van der Waals surface area contributed by atoms with E-state index in [1.54, 1.807) is 21.3 Å². The van der Waals surface area contributed by atoms with E-state index in [2.05, 4.69) is 123 Å². The van der Waals surface area contributed by atoms with Gasteiger partial charge in [0.25, 0.3) is 8.32 Å². The van der Waals surface area contributed by atoms with Crippen LogP contribution in [-0.4, -0.2) is 103 Å². The summed E-state index contributed by atoms with van der Waals surface area (Å²) in [7, 11) is -2.78. The lowest BCUT2D eigenvalue weighted by molar-refractivity contribution is -0.275. The molecule has 0 spiro atoms. The minimum atomic E-state index is -3.17. The quantitative estimate of drug-likeness (QED) is 0.0834. The largest absolute Gasteiger partial charge is 0.408 e. The van der Waals surface area contributed by atoms with Gasteiger partial charge in [0.05, 0.1) is 0 Å². The van der Waals surface area contributed by atoms with Gasteiger partial charge < -0.3 is 41.7 Å². The van der Waals surface area contributed by atoms with E-state index in [0.29, 0.717) is 0 Å². The van der Waals surface area contributed by atoms with Crippen LogP contribution in [0.5, 0.6) is 0 Å². The molecule has 9 nitrogen and oxygen atoms in total. The summed E-state index contributed by atoms with van der Waals surface area (Å²) in [6.45, 7) is 20.5. The second kappa shape index (κ2) is 21.1. The Morgan fingerprint density at radius 1 is 0.442 bits per heavy atom. The molecule has 12 heteroatoms. The van der Waals surface area contributed by atoms with Gasteiger partial charge in [-0.05, 0) is 51.7 Å². The van der Waals surface area contributed by atoms with Crippen LogP contribution in [0.3, 0.4) is 0 Å². The molecule has 1 aliphatic rings. The van der Waals surface area contributed by atoms with E-state index in [0.717, 1.165) is 46.6 Å². The van der Waals surface area contributed by atoms with Crippen molar-refractivity contribution in [1.82, 2.24) is 0 Å². The summed E-state index contributed by atoms with van der Waals surface area (Å²) in [5.74, 6) is 0. The molecule has 296 valence electrons. The van der Waals surface area contributed by atoms with Crippen molar-refractivity contribution in [1.29, 1.82) is 0 Å². The molecule has 0 aliphatic heterocycles. The van der Waals surface area contributed by atoms with Crippen LogP contribution in [0.15, 0.2) is 60.7 Å². The second-order valence-electron chi connectivity index (χ2n) is 15.0. The van der Waals surface area contributed by atoms with Crippen molar-refractivity contribution in [2.24, 2.45) is 0 Å². The van der Waals surface area contributed by atoms with Crippen LogP contribution < -0.4 is 10.4 Å². The molecule has 0 saturated heterocycles. The fourth-order valence-corrected chi connectivity index (χ4v) is 18.4. The van der Waals surface area contributed by atoms with Gasteiger partial charge in [0.1, 0.15) is 57.0 Å². The Kier molecular flexibility index (Phi) is 18.3. The SMILES string of the molecule is CC[Si](CC)(CC)O[C@@H]1C(OCOC)[C@H](O[Si](CC)(CC)CC)[C@@H](OCOC)C(O[Si](c2ccccc2)(c2ccccc2)C(C)(C)C)[C@@H]1OCOC. The van der Waals surface area contributed by atoms with Crippen molar-refractivity contribution < 1.29 is 41.7 Å². The number of rotatable bonds is 23. The predicted octanol–water partition coefficient (Wildman–Crippen LogP) is 7.69. The van der Waals surface area contributed by atoms with Gasteiger partial charge in [0, 0.05) is 21.3 Å². The van der Waals surface area contributed by atoms with E-state index in [4.69, 9.17) is 41.7 Å². The van der Waals surface area contributed by atoms with Gasteiger partial charge in [0.15, 0.2) is 16.6 Å². The lowest BCUT2D eigenvalue weighted by Gasteiger charge is -2.56. The third kappa shape index (κ3) is 10.1. The Morgan fingerprint density at radius 2 is 0.731 bits per heavy atom. The topological polar surface area (TPSA) is 83.1 Å². The molecule has 1 fully saturated rings. The van der Waals surface area contributed by atoms with Gasteiger partial charge in [-0.15, -0.1) is 0 Å². The average molecular weight is 779 g/mol. The maximum atomic E-state index is 8.04. The van der Waals surface area contributed by atoms with Gasteiger partial charge in [-0.1, -0.05) is 123 Å². The first-order chi connectivity index (χ1) is 25.0. The zero-order chi connectivity index (χ0) is 38.4. The van der Waals surface area contributed by atoms with Crippen LogP contribution >= 0.6 is 0 Å². The molecule has 2 unspecified atom stereocenters. The second-order valence-corrected chi connectivity index (χ2v) is 28.7. The van der Waals surface area contributed by atoms with E-state index in [-0.39, 0.29) is 25.4 Å². The van der Waals surface area contributed by atoms with Gasteiger partial charge in [-0.25, -0.2) is 0 Å². The van der Waals surface area contributed by atoms with E-state index in [9.17, 15) is 0 Å². The summed E-state index contributed by atoms with van der Waals surface area (Å²) in [4.78, 5) is 0. The number of hydrogen-bond donors (Lipinski definition) is 0. The fourth-order valence-electron chi connectivity index (χ4n) is 8.01. The van der Waals surface area contributed by atoms with E-state index < -0.39 is 61.6 Å². The molecule has 0 heterocycles. The van der Waals surface area contributed by atoms with E-state index >= 15 is 0 Å². The first kappa shape index (κ1) is 45.1. The maximum Gasteiger partial charge on any atom is 0.261 e. The number of ether oxygens (including phenoxy) is 6. The highest BCUT2D eigenvalue weighted by molar-refractivity contribution is 6.99. The average Bonchev–Trinajstić information content (AvgIpc) is 3.17. The van der Waals surface area contributed by atoms with Crippen LogP contribution in [-0.2, 0) is 41.7 Å². The molecule has 0 aromatic heterocycles. The molecule has 52 heavy (non-hydrogen) atoms. The smallest absolute Gasteiger partial charge is 0.261 e. The fraction of sp³-hybridized carbons (Fsp3) is 0.700. The molecule has 0 amide bonds. The van der Waals surface area contributed by atoms with Crippen LogP contribution in [0.2, 0.25) is 41.3 Å². The summed E-state index contributed by atoms with van der Waals surface area (Å²) in [6.07, 6.45) is -3.60. The number of hydrogen-bond acceptors (Lipinski definition) is 9. The lowest BCUT2D eigenvalue weighted by Crippen LogP contribution is -2.75. The molecule has 1 aliphatic carbocycles. The number of benzene rings is 2. The van der Waals surface area contributed by atoms with Crippen molar-refractivity contribution in [3.05, 3.63) is 60.7 Å². The van der Waals surface area contributed by atoms with Crippen molar-refractivity contribution in [3.63, 3.8) is 0 Å². The highest BCUT2D eigenvalue weighted by Gasteiger charge is 2.61. The van der Waals surface area contributed by atoms with Crippen LogP contribution in [0, 0.1) is 0 Å². The predicted molar refractivity (Wildman–Crippen MR) is 217 cm³/mol. The molecular weight excluding hydrogens is 709 g/mol. The summed E-state index contributed by atoms with van der Waals surface area (Å²) in [6, 6.07) is 27.1. The highest BCUT2D eigenvalue weighted by Crippen LogP contribution is 2.44. The molecule has 0 radical (unpaired) electrons. The van der Waals surface area contributed by atoms with Gasteiger partial charge in [-0.3, -0.25) is 0 Å². The Labute approximate surface area is 318 Å². The van der Waals surface area contributed by atoms with Gasteiger partial charge in [-0.2, -0.15) is 0 Å². The molecule has 0 N–H and O–H groups in total. The summed E-state index contributed by atoms with van der Waals surface area (Å²) >= 11 is 0. The molecule has 3 rings (SSSR count). The summed E-state index contributed by atoms with van der Waals surface area (Å²) in [5.41, 5.74) is 0. The van der Waals surface area contributed by atoms with Crippen LogP contribution in [0.4, 0.5) is 0 Å². The van der Waals surface area contributed by atoms with Crippen molar-refractivity contribution in [2.75, 3.05) is 41.7 Å². The number of methoxy groups -OCH3 is 3. The monoisotopic (exact) mass is 778 g/mol. The lowest BCUT2D eigenvalue weighted by atomic mass is 9.84. The van der Waals surface area contributed by atoms with Crippen molar-refractivity contribution in [2.45, 2.75) is 140 Å². The third-order valence-corrected chi connectivity index (χ3v) is 25.8. The standard InChI is InChI=1S/C40H70O9Si3/c1-13-50(14-2,15-3)47-37-34(44-29-41-10)38(48-51(16-4,17-5)18-6)36(46-31-43-12)39(35(37)45-30-42-11)49-52(40(7,8)9,32-25-21-19-22-26-32)33-27-23-20-24-28-33/h19-28,34-39H,13-18,29-31H2,1-12H3/t34?,35-,36-,37-,38+,39?/m1/s1. The Balaban J connectivity index is 2.48. The Hall–Kier alpha value is -1.27. The van der Waals surface area contributed by atoms with Crippen molar-refractivity contribution in [3.8, 4) is 0 Å². The molecule has 2 aromatic carbocycles. The van der Waals surface area contributed by atoms with E-state index in [1.165, 1.54) is 0 Å². The zero-order valence-electron chi connectivity index (χ0n) is 34.3. The molecular formula is C40H70O9Si3. The molecule has 1 saturated carbocycles. The normalized spacial score (nSPS) is 23.2. The minimum absolute atomic E-state index is 0.0428. The molecule has 6 atom stereocenters. The van der Waals surface area contributed by atoms with Crippen LogP contribution in [0.1, 0.15) is 62.3 Å². The Bertz CT molecular complexity index is 1160. The summed E-state index contributed by atoms with van der Waals surface area (Å²) in [5, 5.41) is 2.01. The Morgan fingerprint density at radius 3 is 0.981 bits per heavy atom. The van der Waals surface area contributed by atoms with Crippen molar-refractivity contribution >= 4 is 35.3 Å². The summed E-state index contributed by atoms with van der Waals surface area (Å²) < 4.78 is 60.4. The first-order valence-electron chi connectivity index (χ1n) is 19.4. The minimum Gasteiger partial charge on any atom is -0.408 e. The molecule has 0 bridgehead atoms. The highest BCUT2D eigenvalue weighted by atomic mass is 28.4. The van der Waals surface area contributed by atoms with Crippen LogP contribution in [0.25, 0.3) is 0 Å². The zero-order valence-corrected chi connectivity index (χ0v) is 37.3. The van der Waals surface area contributed by atoms with Gasteiger partial charge >= 0.3 is 0 Å². The third-order valence-electron chi connectivity index (χ3n) is 11.4. The molecule has 2 aromatic rings. The maximum absolute atomic E-state index is 8.04. The van der Waals surface area contributed by atoms with Gasteiger partial charge in [0.2, 0.25) is 0 Å². The van der Waals surface area contributed by atoms with E-state index in [1.807, 2.05) is 0 Å². The first-order valence-corrected chi connectivity index (χ1v) is 26.4.